The number of hydrogen-bond donors (Lipinski definition) is 0. The highest BCUT2D eigenvalue weighted by Gasteiger charge is 2.25. The Hall–Kier alpha value is -1.02. The first-order valence-corrected chi connectivity index (χ1v) is 8.47. The fraction of sp³-hybridized carbons (Fsp3) is 0.611. The van der Waals surface area contributed by atoms with Gasteiger partial charge in [-0.1, -0.05) is 76.3 Å². The van der Waals surface area contributed by atoms with Crippen LogP contribution in [0.1, 0.15) is 70.5 Å². The van der Waals surface area contributed by atoms with Gasteiger partial charge in [0.15, 0.2) is 0 Å². The molecule has 0 aliphatic heterocycles. The van der Waals surface area contributed by atoms with Gasteiger partial charge in [-0.05, 0) is 18.4 Å². The number of rotatable bonds is 10. The summed E-state index contributed by atoms with van der Waals surface area (Å²) in [7, 11) is 0. The van der Waals surface area contributed by atoms with Crippen LogP contribution in [0.2, 0.25) is 0 Å². The van der Waals surface area contributed by atoms with Crippen molar-refractivity contribution < 1.29 is 9.53 Å². The summed E-state index contributed by atoms with van der Waals surface area (Å²) in [5.74, 6) is 0.344. The van der Waals surface area contributed by atoms with Gasteiger partial charge in [-0.25, -0.2) is 4.79 Å². The highest BCUT2D eigenvalue weighted by Crippen LogP contribution is 2.34. The molecule has 0 heterocycles. The number of hydrogen-bond acceptors (Lipinski definition) is 2. The third-order valence-corrected chi connectivity index (χ3v) is 3.95. The van der Waals surface area contributed by atoms with Crippen LogP contribution in [0.5, 0.6) is 0 Å². The van der Waals surface area contributed by atoms with Crippen LogP contribution in [0.3, 0.4) is 0 Å². The molecule has 0 amide bonds. The maximum absolute atomic E-state index is 11.3. The van der Waals surface area contributed by atoms with Crippen LogP contribution in [0.15, 0.2) is 30.3 Å². The second kappa shape index (κ2) is 10.7. The summed E-state index contributed by atoms with van der Waals surface area (Å²) in [6, 6.07) is 9.95. The maximum atomic E-state index is 11.3. The molecule has 2 unspecified atom stereocenters. The van der Waals surface area contributed by atoms with Gasteiger partial charge in [-0.15, -0.1) is 0 Å². The van der Waals surface area contributed by atoms with Gasteiger partial charge in [0, 0.05) is 17.5 Å². The molecular weight excluding hydrogens is 284 g/mol. The lowest BCUT2D eigenvalue weighted by Gasteiger charge is -2.26. The number of unbranched alkanes of at least 4 members (excludes halogenated alkanes) is 3. The summed E-state index contributed by atoms with van der Waals surface area (Å²) in [4.78, 5) is 11.3. The van der Waals surface area contributed by atoms with Crippen molar-refractivity contribution >= 4 is 17.0 Å². The molecular formula is C18H27ClO2. The molecule has 1 rings (SSSR count). The molecule has 3 heteroatoms. The predicted molar refractivity (Wildman–Crippen MR) is 88.7 cm³/mol. The van der Waals surface area contributed by atoms with Crippen LogP contribution >= 0.6 is 11.6 Å². The minimum atomic E-state index is -0.710. The normalized spacial score (nSPS) is 13.7. The lowest BCUT2D eigenvalue weighted by Crippen LogP contribution is -2.18. The molecule has 0 aliphatic carbocycles. The van der Waals surface area contributed by atoms with E-state index < -0.39 is 5.43 Å². The standard InChI is InChI=1S/C18H27ClO2/c1-3-5-6-8-12-15(11-4-2)17(21-18(19)20)16-13-9-7-10-14-16/h7,9-10,13-15,17H,3-6,8,11-12H2,1-2H3. The van der Waals surface area contributed by atoms with Crippen molar-refractivity contribution in [1.82, 2.24) is 0 Å². The Morgan fingerprint density at radius 2 is 1.76 bits per heavy atom. The van der Waals surface area contributed by atoms with E-state index in [0.717, 1.165) is 24.8 Å². The third-order valence-electron chi connectivity index (χ3n) is 3.86. The Balaban J connectivity index is 2.77. The first-order chi connectivity index (χ1) is 10.2. The van der Waals surface area contributed by atoms with Gasteiger partial charge in [-0.3, -0.25) is 0 Å². The summed E-state index contributed by atoms with van der Waals surface area (Å²) in [5, 5.41) is 0. The number of ether oxygens (including phenoxy) is 1. The summed E-state index contributed by atoms with van der Waals surface area (Å²) >= 11 is 5.49. The lowest BCUT2D eigenvalue weighted by molar-refractivity contribution is 0.0709. The van der Waals surface area contributed by atoms with Crippen LogP contribution in [-0.2, 0) is 4.74 Å². The number of carbonyl (C=O) groups is 1. The van der Waals surface area contributed by atoms with Crippen LogP contribution in [0.25, 0.3) is 0 Å². The highest BCUT2D eigenvalue weighted by molar-refractivity contribution is 6.61. The summed E-state index contributed by atoms with van der Waals surface area (Å²) in [5.41, 5.74) is 0.332. The average molecular weight is 311 g/mol. The van der Waals surface area contributed by atoms with Crippen LogP contribution in [-0.4, -0.2) is 5.43 Å². The molecule has 0 bridgehead atoms. The molecule has 1 aromatic carbocycles. The van der Waals surface area contributed by atoms with E-state index in [2.05, 4.69) is 13.8 Å². The van der Waals surface area contributed by atoms with E-state index in [-0.39, 0.29) is 6.10 Å². The van der Waals surface area contributed by atoms with Gasteiger partial charge in [0.05, 0.1) is 0 Å². The Kier molecular flexibility index (Phi) is 9.16. The van der Waals surface area contributed by atoms with Crippen molar-refractivity contribution in [3.05, 3.63) is 35.9 Å². The van der Waals surface area contributed by atoms with Crippen molar-refractivity contribution in [1.29, 1.82) is 0 Å². The van der Waals surface area contributed by atoms with Gasteiger partial charge in [0.1, 0.15) is 6.10 Å². The Morgan fingerprint density at radius 1 is 1.05 bits per heavy atom. The van der Waals surface area contributed by atoms with Gasteiger partial charge < -0.3 is 4.74 Å². The molecule has 2 atom stereocenters. The Morgan fingerprint density at radius 3 is 2.33 bits per heavy atom. The molecule has 0 saturated heterocycles. The molecule has 118 valence electrons. The smallest absolute Gasteiger partial charge is 0.404 e. The molecule has 0 aliphatic rings. The molecule has 0 radical (unpaired) electrons. The van der Waals surface area contributed by atoms with Crippen LogP contribution in [0.4, 0.5) is 4.79 Å². The van der Waals surface area contributed by atoms with Crippen molar-refractivity contribution in [3.8, 4) is 0 Å². The van der Waals surface area contributed by atoms with E-state index in [9.17, 15) is 4.79 Å². The van der Waals surface area contributed by atoms with Crippen molar-refractivity contribution in [2.45, 2.75) is 64.9 Å². The molecule has 0 N–H and O–H groups in total. The number of carbonyl (C=O) groups excluding carboxylic acids is 1. The van der Waals surface area contributed by atoms with E-state index >= 15 is 0 Å². The van der Waals surface area contributed by atoms with E-state index in [1.54, 1.807) is 0 Å². The second-order valence-corrected chi connectivity index (χ2v) is 5.89. The van der Waals surface area contributed by atoms with E-state index in [4.69, 9.17) is 16.3 Å². The maximum Gasteiger partial charge on any atom is 0.404 e. The zero-order valence-electron chi connectivity index (χ0n) is 13.2. The van der Waals surface area contributed by atoms with Crippen LogP contribution < -0.4 is 0 Å². The molecule has 2 nitrogen and oxygen atoms in total. The topological polar surface area (TPSA) is 26.3 Å². The summed E-state index contributed by atoms with van der Waals surface area (Å²) in [6.07, 6.45) is 7.92. The predicted octanol–water partition coefficient (Wildman–Crippen LogP) is 6.49. The molecule has 0 saturated carbocycles. The average Bonchev–Trinajstić information content (AvgIpc) is 2.49. The lowest BCUT2D eigenvalue weighted by atomic mass is 9.87. The van der Waals surface area contributed by atoms with Crippen molar-refractivity contribution in [2.24, 2.45) is 5.92 Å². The zero-order valence-corrected chi connectivity index (χ0v) is 13.9. The van der Waals surface area contributed by atoms with Gasteiger partial charge in [-0.2, -0.15) is 0 Å². The minimum absolute atomic E-state index is 0.224. The van der Waals surface area contributed by atoms with E-state index in [1.807, 2.05) is 30.3 Å². The molecule has 21 heavy (non-hydrogen) atoms. The second-order valence-electron chi connectivity index (χ2n) is 5.58. The van der Waals surface area contributed by atoms with Crippen LogP contribution in [0, 0.1) is 5.92 Å². The minimum Gasteiger partial charge on any atom is -0.445 e. The zero-order chi connectivity index (χ0) is 15.5. The fourth-order valence-electron chi connectivity index (χ4n) is 2.83. The highest BCUT2D eigenvalue weighted by atomic mass is 35.5. The third kappa shape index (κ3) is 6.99. The molecule has 1 aromatic rings. The molecule has 0 fully saturated rings. The Bertz CT molecular complexity index is 391. The molecule has 0 spiro atoms. The largest absolute Gasteiger partial charge is 0.445 e. The monoisotopic (exact) mass is 310 g/mol. The number of benzene rings is 1. The SMILES string of the molecule is CCCCCCC(CCC)C(OC(=O)Cl)c1ccccc1. The quantitative estimate of drug-likeness (QED) is 0.364. The fourth-order valence-corrected chi connectivity index (χ4v) is 2.93. The number of halogens is 1. The van der Waals surface area contributed by atoms with E-state index in [0.29, 0.717) is 5.92 Å². The Labute approximate surface area is 133 Å². The first-order valence-electron chi connectivity index (χ1n) is 8.10. The van der Waals surface area contributed by atoms with Crippen molar-refractivity contribution in [3.63, 3.8) is 0 Å². The summed E-state index contributed by atoms with van der Waals surface area (Å²) in [6.45, 7) is 4.38. The van der Waals surface area contributed by atoms with Gasteiger partial charge in [0.25, 0.3) is 0 Å². The van der Waals surface area contributed by atoms with E-state index in [1.165, 1.54) is 25.7 Å². The van der Waals surface area contributed by atoms with Gasteiger partial charge in [0.2, 0.25) is 0 Å². The van der Waals surface area contributed by atoms with Gasteiger partial charge >= 0.3 is 5.43 Å². The molecule has 0 aromatic heterocycles. The summed E-state index contributed by atoms with van der Waals surface area (Å²) < 4.78 is 5.43. The first kappa shape index (κ1) is 18.0. The van der Waals surface area contributed by atoms with Crippen molar-refractivity contribution in [2.75, 3.05) is 0 Å².